The molecule has 0 saturated carbocycles. The number of aryl methyl sites for hydroxylation is 2. The van der Waals surface area contributed by atoms with E-state index < -0.39 is 16.2 Å². The lowest BCUT2D eigenvalue weighted by atomic mass is 10.1. The van der Waals surface area contributed by atoms with Crippen LogP contribution in [0.5, 0.6) is 5.75 Å². The maximum Gasteiger partial charge on any atom is 0.264 e. The fourth-order valence-corrected chi connectivity index (χ4v) is 2.21. The van der Waals surface area contributed by atoms with E-state index in [4.69, 9.17) is 8.92 Å². The molecule has 0 spiro atoms. The fourth-order valence-electron chi connectivity index (χ4n) is 1.56. The highest BCUT2D eigenvalue weighted by atomic mass is 32.2. The predicted molar refractivity (Wildman–Crippen MR) is 66.8 cm³/mol. The van der Waals surface area contributed by atoms with Gasteiger partial charge in [0, 0.05) is 0 Å². The summed E-state index contributed by atoms with van der Waals surface area (Å²) < 4.78 is 32.0. The number of hydrogen-bond acceptors (Lipinski definition) is 4. The lowest BCUT2D eigenvalue weighted by molar-refractivity contribution is 0.150. The Hall–Kier alpha value is -1.07. The van der Waals surface area contributed by atoms with Gasteiger partial charge < -0.3 is 4.74 Å². The highest BCUT2D eigenvalue weighted by Gasteiger charge is 2.11. The van der Waals surface area contributed by atoms with Crippen LogP contribution in [0.15, 0.2) is 18.2 Å². The Labute approximate surface area is 103 Å². The monoisotopic (exact) mass is 258 g/mol. The van der Waals surface area contributed by atoms with Gasteiger partial charge in [0.15, 0.2) is 0 Å². The minimum Gasteiger partial charge on any atom is -0.491 e. The van der Waals surface area contributed by atoms with Crippen molar-refractivity contribution < 1.29 is 17.3 Å². The molecule has 1 aromatic carbocycles. The average Bonchev–Trinajstić information content (AvgIpc) is 2.10. The molecule has 4 nitrogen and oxygen atoms in total. The van der Waals surface area contributed by atoms with Crippen LogP contribution in [0.1, 0.15) is 18.1 Å². The van der Waals surface area contributed by atoms with Crippen LogP contribution in [-0.2, 0) is 14.3 Å². The third kappa shape index (κ3) is 5.70. The Morgan fingerprint density at radius 3 is 2.18 bits per heavy atom. The van der Waals surface area contributed by atoms with Gasteiger partial charge in [-0.3, -0.25) is 4.18 Å². The molecule has 0 N–H and O–H groups in total. The molecule has 0 aliphatic carbocycles. The highest BCUT2D eigenvalue weighted by molar-refractivity contribution is 7.86. The van der Waals surface area contributed by atoms with Crippen LogP contribution in [-0.4, -0.2) is 27.4 Å². The summed E-state index contributed by atoms with van der Waals surface area (Å²) in [5.74, 6) is 0.728. The summed E-state index contributed by atoms with van der Waals surface area (Å²) in [5, 5.41) is 0. The molecule has 0 bridgehead atoms. The van der Waals surface area contributed by atoms with Gasteiger partial charge in [-0.25, -0.2) is 0 Å². The molecule has 0 heterocycles. The second-order valence-electron chi connectivity index (χ2n) is 4.25. The van der Waals surface area contributed by atoms with Crippen LogP contribution >= 0.6 is 0 Å². The lowest BCUT2D eigenvalue weighted by Gasteiger charge is -2.13. The second kappa shape index (κ2) is 5.51. The van der Waals surface area contributed by atoms with E-state index in [1.54, 1.807) is 6.92 Å². The van der Waals surface area contributed by atoms with Crippen molar-refractivity contribution in [2.75, 3.05) is 12.9 Å². The molecule has 17 heavy (non-hydrogen) atoms. The summed E-state index contributed by atoms with van der Waals surface area (Å²) in [6, 6.07) is 5.85. The molecule has 0 radical (unpaired) electrons. The van der Waals surface area contributed by atoms with E-state index in [0.717, 1.165) is 23.1 Å². The van der Waals surface area contributed by atoms with E-state index in [1.807, 2.05) is 32.0 Å². The molecule has 0 aliphatic heterocycles. The Morgan fingerprint density at radius 1 is 1.18 bits per heavy atom. The van der Waals surface area contributed by atoms with E-state index in [1.165, 1.54) is 0 Å². The molecule has 0 aliphatic rings. The molecular weight excluding hydrogens is 240 g/mol. The minimum absolute atomic E-state index is 0.204. The SMILES string of the molecule is Cc1cc(C)cc(OCC(C)OS(C)(=O)=O)c1. The van der Waals surface area contributed by atoms with Crippen molar-refractivity contribution in [2.45, 2.75) is 26.9 Å². The van der Waals surface area contributed by atoms with E-state index in [-0.39, 0.29) is 6.61 Å². The van der Waals surface area contributed by atoms with Gasteiger partial charge in [0.1, 0.15) is 18.5 Å². The summed E-state index contributed by atoms with van der Waals surface area (Å²) in [6.45, 7) is 5.83. The van der Waals surface area contributed by atoms with Gasteiger partial charge in [-0.2, -0.15) is 8.42 Å². The number of hydrogen-bond donors (Lipinski definition) is 0. The van der Waals surface area contributed by atoms with Crippen molar-refractivity contribution in [1.29, 1.82) is 0 Å². The van der Waals surface area contributed by atoms with Crippen molar-refractivity contribution >= 4 is 10.1 Å². The predicted octanol–water partition coefficient (Wildman–Crippen LogP) is 2.05. The maximum absolute atomic E-state index is 10.9. The summed E-state index contributed by atoms with van der Waals surface area (Å²) in [6.07, 6.45) is 0.533. The van der Waals surface area contributed by atoms with Crippen molar-refractivity contribution in [3.8, 4) is 5.75 Å². The fraction of sp³-hybridized carbons (Fsp3) is 0.500. The quantitative estimate of drug-likeness (QED) is 0.758. The number of rotatable bonds is 5. The minimum atomic E-state index is -3.42. The Balaban J connectivity index is 2.55. The molecule has 1 atom stereocenters. The summed E-state index contributed by atoms with van der Waals surface area (Å²) >= 11 is 0. The molecule has 0 aromatic heterocycles. The summed E-state index contributed by atoms with van der Waals surface area (Å²) in [7, 11) is -3.42. The van der Waals surface area contributed by atoms with E-state index in [0.29, 0.717) is 0 Å². The molecule has 5 heteroatoms. The first kappa shape index (κ1) is 14.0. The van der Waals surface area contributed by atoms with Crippen LogP contribution in [0, 0.1) is 13.8 Å². The van der Waals surface area contributed by atoms with Crippen LogP contribution < -0.4 is 4.74 Å². The average molecular weight is 258 g/mol. The van der Waals surface area contributed by atoms with Crippen molar-refractivity contribution in [2.24, 2.45) is 0 Å². The summed E-state index contributed by atoms with van der Waals surface area (Å²) in [4.78, 5) is 0. The van der Waals surface area contributed by atoms with Gasteiger partial charge >= 0.3 is 0 Å². The smallest absolute Gasteiger partial charge is 0.264 e. The zero-order valence-corrected chi connectivity index (χ0v) is 11.4. The summed E-state index contributed by atoms with van der Waals surface area (Å²) in [5.41, 5.74) is 2.22. The normalized spacial score (nSPS) is 13.4. The maximum atomic E-state index is 10.9. The van der Waals surface area contributed by atoms with E-state index in [9.17, 15) is 8.42 Å². The van der Waals surface area contributed by atoms with Gasteiger partial charge in [0.2, 0.25) is 0 Å². The van der Waals surface area contributed by atoms with Gasteiger partial charge in [0.25, 0.3) is 10.1 Å². The first-order chi connectivity index (χ1) is 7.76. The van der Waals surface area contributed by atoms with E-state index >= 15 is 0 Å². The molecule has 1 rings (SSSR count). The first-order valence-electron chi connectivity index (χ1n) is 5.35. The zero-order chi connectivity index (χ0) is 13.1. The standard InChI is InChI=1S/C12H18O4S/c1-9-5-10(2)7-12(6-9)15-8-11(3)16-17(4,13)14/h5-7,11H,8H2,1-4H3. The van der Waals surface area contributed by atoms with Crippen molar-refractivity contribution in [3.05, 3.63) is 29.3 Å². The van der Waals surface area contributed by atoms with Gasteiger partial charge in [-0.1, -0.05) is 6.07 Å². The van der Waals surface area contributed by atoms with Gasteiger partial charge in [-0.15, -0.1) is 0 Å². The second-order valence-corrected chi connectivity index (χ2v) is 5.85. The van der Waals surface area contributed by atoms with Crippen molar-refractivity contribution in [3.63, 3.8) is 0 Å². The van der Waals surface area contributed by atoms with Gasteiger partial charge in [0.05, 0.1) is 6.26 Å². The van der Waals surface area contributed by atoms with Crippen LogP contribution in [0.25, 0.3) is 0 Å². The molecule has 0 saturated heterocycles. The van der Waals surface area contributed by atoms with Crippen LogP contribution in [0.4, 0.5) is 0 Å². The number of benzene rings is 1. The first-order valence-corrected chi connectivity index (χ1v) is 7.17. The molecular formula is C12H18O4S. The Morgan fingerprint density at radius 2 is 1.71 bits per heavy atom. The highest BCUT2D eigenvalue weighted by Crippen LogP contribution is 2.16. The van der Waals surface area contributed by atoms with Crippen LogP contribution in [0.3, 0.4) is 0 Å². The zero-order valence-electron chi connectivity index (χ0n) is 10.6. The van der Waals surface area contributed by atoms with Crippen molar-refractivity contribution in [1.82, 2.24) is 0 Å². The number of ether oxygens (including phenoxy) is 1. The molecule has 1 aromatic rings. The largest absolute Gasteiger partial charge is 0.491 e. The van der Waals surface area contributed by atoms with E-state index in [2.05, 4.69) is 0 Å². The Kier molecular flexibility index (Phi) is 4.54. The molecule has 0 amide bonds. The Bertz CT molecular complexity index is 459. The lowest BCUT2D eigenvalue weighted by Crippen LogP contribution is -2.21. The topological polar surface area (TPSA) is 52.6 Å². The van der Waals surface area contributed by atoms with Gasteiger partial charge in [-0.05, 0) is 44.0 Å². The van der Waals surface area contributed by atoms with Crippen LogP contribution in [0.2, 0.25) is 0 Å². The molecule has 96 valence electrons. The molecule has 1 unspecified atom stereocenters. The molecule has 0 fully saturated rings. The third-order valence-corrected chi connectivity index (χ3v) is 2.70. The third-order valence-electron chi connectivity index (χ3n) is 2.02.